The fourth-order valence-electron chi connectivity index (χ4n) is 8.36. The van der Waals surface area contributed by atoms with E-state index < -0.39 is 58.6 Å². The number of fused-ring (bicyclic) bond motifs is 5. The number of carbonyl (C=O) groups is 3. The predicted molar refractivity (Wildman–Crippen MR) is 156 cm³/mol. The summed E-state index contributed by atoms with van der Waals surface area (Å²) in [6.07, 6.45) is 3.86. The SMILES string of the molecule is C[C@]12C=CC(=O)CC1=CC[C@H]1[C@@H]3CC[C@](OC(=O)c4ccc(Oc5ccccc5)cc4)(C(=O)OCC#N)[C@@]3(C)C[C@H](O)[C@@]12F. The van der Waals surface area contributed by atoms with Crippen LogP contribution in [0.2, 0.25) is 0 Å². The molecule has 6 rings (SSSR count). The van der Waals surface area contributed by atoms with Gasteiger partial charge in [0, 0.05) is 23.2 Å². The molecule has 0 unspecified atom stereocenters. The molecule has 1 N–H and O–H groups in total. The third kappa shape index (κ3) is 4.30. The van der Waals surface area contributed by atoms with Crippen molar-refractivity contribution in [2.45, 2.75) is 63.3 Å². The normalized spacial score (nSPS) is 35.3. The number of rotatable bonds is 6. The number of para-hydroxylation sites is 1. The fourth-order valence-corrected chi connectivity index (χ4v) is 8.36. The largest absolute Gasteiger partial charge is 0.457 e. The number of ketones is 1. The van der Waals surface area contributed by atoms with E-state index in [4.69, 9.17) is 19.5 Å². The van der Waals surface area contributed by atoms with Crippen molar-refractivity contribution >= 4 is 17.7 Å². The van der Waals surface area contributed by atoms with Crippen molar-refractivity contribution in [3.05, 3.63) is 84.0 Å². The molecule has 2 aromatic rings. The van der Waals surface area contributed by atoms with Crippen molar-refractivity contribution in [2.75, 3.05) is 6.61 Å². The topological polar surface area (TPSA) is 123 Å². The molecule has 4 aliphatic rings. The average Bonchev–Trinajstić information content (AvgIpc) is 3.29. The van der Waals surface area contributed by atoms with Crippen LogP contribution in [-0.2, 0) is 19.1 Å². The molecule has 228 valence electrons. The lowest BCUT2D eigenvalue weighted by Gasteiger charge is -2.61. The number of hydrogen-bond acceptors (Lipinski definition) is 8. The number of halogens is 1. The molecular formula is C35H34FNO7. The minimum absolute atomic E-state index is 0.0419. The number of benzene rings is 2. The zero-order valence-electron chi connectivity index (χ0n) is 24.6. The Morgan fingerprint density at radius 2 is 1.77 bits per heavy atom. The van der Waals surface area contributed by atoms with Crippen molar-refractivity contribution in [3.8, 4) is 17.6 Å². The lowest BCUT2D eigenvalue weighted by molar-refractivity contribution is -0.220. The van der Waals surface area contributed by atoms with Crippen LogP contribution in [0.25, 0.3) is 0 Å². The van der Waals surface area contributed by atoms with Gasteiger partial charge in [-0.15, -0.1) is 0 Å². The number of aliphatic hydroxyl groups excluding tert-OH is 1. The highest BCUT2D eigenvalue weighted by atomic mass is 19.1. The molecule has 0 bridgehead atoms. The summed E-state index contributed by atoms with van der Waals surface area (Å²) >= 11 is 0. The van der Waals surface area contributed by atoms with Crippen LogP contribution in [0.15, 0.2) is 78.4 Å². The molecule has 2 aromatic carbocycles. The van der Waals surface area contributed by atoms with Crippen LogP contribution in [0, 0.1) is 34.0 Å². The third-order valence-electron chi connectivity index (χ3n) is 10.7. The molecule has 2 saturated carbocycles. The van der Waals surface area contributed by atoms with E-state index in [0.29, 0.717) is 23.5 Å². The molecule has 8 nitrogen and oxygen atoms in total. The maximum atomic E-state index is 17.5. The monoisotopic (exact) mass is 599 g/mol. The van der Waals surface area contributed by atoms with Gasteiger partial charge in [0.25, 0.3) is 0 Å². The molecule has 0 spiro atoms. The van der Waals surface area contributed by atoms with E-state index in [-0.39, 0.29) is 37.0 Å². The van der Waals surface area contributed by atoms with Crippen LogP contribution in [0.5, 0.6) is 11.5 Å². The molecule has 0 radical (unpaired) electrons. The van der Waals surface area contributed by atoms with Gasteiger partial charge in [-0.25, -0.2) is 14.0 Å². The smallest absolute Gasteiger partial charge is 0.352 e. The van der Waals surface area contributed by atoms with Crippen LogP contribution >= 0.6 is 0 Å². The minimum Gasteiger partial charge on any atom is -0.457 e. The van der Waals surface area contributed by atoms with Gasteiger partial charge in [-0.2, -0.15) is 5.26 Å². The summed E-state index contributed by atoms with van der Waals surface area (Å²) in [6, 6.07) is 17.2. The third-order valence-corrected chi connectivity index (χ3v) is 10.7. The quantitative estimate of drug-likeness (QED) is 0.326. The second kappa shape index (κ2) is 10.7. The van der Waals surface area contributed by atoms with E-state index in [1.165, 1.54) is 18.2 Å². The first-order valence-electron chi connectivity index (χ1n) is 14.9. The Kier molecular flexibility index (Phi) is 7.24. The van der Waals surface area contributed by atoms with E-state index in [2.05, 4.69) is 0 Å². The molecule has 0 heterocycles. The van der Waals surface area contributed by atoms with Gasteiger partial charge in [-0.1, -0.05) is 42.8 Å². The maximum absolute atomic E-state index is 17.5. The fraction of sp³-hybridized carbons (Fsp3) is 0.429. The minimum atomic E-state index is -2.11. The Labute approximate surface area is 255 Å². The maximum Gasteiger partial charge on any atom is 0.352 e. The Balaban J connectivity index is 1.33. The molecule has 2 fully saturated rings. The zero-order chi connectivity index (χ0) is 31.3. The number of nitriles is 1. The van der Waals surface area contributed by atoms with E-state index in [1.54, 1.807) is 50.3 Å². The van der Waals surface area contributed by atoms with E-state index in [9.17, 15) is 19.5 Å². The van der Waals surface area contributed by atoms with Crippen molar-refractivity contribution in [3.63, 3.8) is 0 Å². The highest BCUT2D eigenvalue weighted by Gasteiger charge is 2.76. The van der Waals surface area contributed by atoms with Crippen LogP contribution < -0.4 is 4.74 Å². The summed E-state index contributed by atoms with van der Waals surface area (Å²) in [7, 11) is 0. The number of aliphatic hydroxyl groups is 1. The molecule has 9 heteroatoms. The van der Waals surface area contributed by atoms with E-state index in [0.717, 1.165) is 0 Å². The van der Waals surface area contributed by atoms with Gasteiger partial charge in [0.05, 0.1) is 11.7 Å². The van der Waals surface area contributed by atoms with Crippen molar-refractivity contribution in [1.82, 2.24) is 0 Å². The number of carbonyl (C=O) groups excluding carboxylic acids is 3. The molecule has 0 amide bonds. The van der Waals surface area contributed by atoms with E-state index in [1.807, 2.05) is 24.3 Å². The van der Waals surface area contributed by atoms with Gasteiger partial charge in [-0.3, -0.25) is 4.79 Å². The van der Waals surface area contributed by atoms with Crippen molar-refractivity contribution in [2.24, 2.45) is 22.7 Å². The van der Waals surface area contributed by atoms with Gasteiger partial charge in [0.2, 0.25) is 5.60 Å². The molecule has 4 aliphatic carbocycles. The number of ether oxygens (including phenoxy) is 3. The van der Waals surface area contributed by atoms with Crippen LogP contribution in [-0.4, -0.2) is 46.8 Å². The lowest BCUT2D eigenvalue weighted by atomic mass is 9.45. The Bertz CT molecular complexity index is 1600. The second-order valence-electron chi connectivity index (χ2n) is 12.7. The van der Waals surface area contributed by atoms with Crippen molar-refractivity contribution in [1.29, 1.82) is 5.26 Å². The summed E-state index contributed by atoms with van der Waals surface area (Å²) in [5.41, 5.74) is -5.57. The molecule has 0 aromatic heterocycles. The Hall–Kier alpha value is -4.29. The van der Waals surface area contributed by atoms with E-state index >= 15 is 4.39 Å². The summed E-state index contributed by atoms with van der Waals surface area (Å²) in [4.78, 5) is 39.6. The zero-order valence-corrected chi connectivity index (χ0v) is 24.6. The first-order valence-corrected chi connectivity index (χ1v) is 14.9. The number of alkyl halides is 1. The average molecular weight is 600 g/mol. The summed E-state index contributed by atoms with van der Waals surface area (Å²) in [5, 5.41) is 20.8. The molecule has 0 aliphatic heterocycles. The van der Waals surface area contributed by atoms with Gasteiger partial charge >= 0.3 is 11.9 Å². The highest BCUT2D eigenvalue weighted by molar-refractivity contribution is 5.94. The predicted octanol–water partition coefficient (Wildman–Crippen LogP) is 5.81. The Morgan fingerprint density at radius 3 is 2.48 bits per heavy atom. The van der Waals surface area contributed by atoms with Gasteiger partial charge < -0.3 is 19.3 Å². The number of hydrogen-bond donors (Lipinski definition) is 1. The van der Waals surface area contributed by atoms with Gasteiger partial charge in [-0.05, 0) is 81.0 Å². The summed E-state index contributed by atoms with van der Waals surface area (Å²) in [5.74, 6) is -1.86. The molecular weight excluding hydrogens is 565 g/mol. The summed E-state index contributed by atoms with van der Waals surface area (Å²) < 4.78 is 34.7. The number of nitrogens with zero attached hydrogens (tertiary/aromatic N) is 1. The van der Waals surface area contributed by atoms with Gasteiger partial charge in [0.15, 0.2) is 18.1 Å². The number of allylic oxidation sites excluding steroid dienone is 4. The summed E-state index contributed by atoms with van der Waals surface area (Å²) in [6.45, 7) is 2.91. The van der Waals surface area contributed by atoms with Crippen LogP contribution in [0.1, 0.15) is 56.3 Å². The van der Waals surface area contributed by atoms with Crippen molar-refractivity contribution < 1.29 is 38.1 Å². The van der Waals surface area contributed by atoms with Crippen LogP contribution in [0.3, 0.4) is 0 Å². The van der Waals surface area contributed by atoms with Gasteiger partial charge in [0.1, 0.15) is 17.6 Å². The first-order chi connectivity index (χ1) is 21.0. The first kappa shape index (κ1) is 29.8. The lowest BCUT2D eigenvalue weighted by Crippen LogP contribution is -2.69. The molecule has 7 atom stereocenters. The number of esters is 2. The molecule has 44 heavy (non-hydrogen) atoms. The Morgan fingerprint density at radius 1 is 1.07 bits per heavy atom. The second-order valence-corrected chi connectivity index (χ2v) is 12.7. The standard InChI is InChI=1S/C35H34FNO7/c1-32-16-14-24(38)20-23(32)10-13-28-27-15-17-34(31(41)42-19-18-37,33(27,2)21-29(39)35(28,32)36)44-30(40)22-8-11-26(12-9-22)43-25-6-4-3-5-7-25/h3-12,14,16,27-29,39H,13,15,17,19-21H2,1-2H3/t27-,28-,29-,32-,33-,34-,35-/m0/s1. The molecule has 0 saturated heterocycles. The van der Waals surface area contributed by atoms with Crippen LogP contribution in [0.4, 0.5) is 4.39 Å². The highest BCUT2D eigenvalue weighted by Crippen LogP contribution is 2.70.